The average molecular weight is 285 g/mol. The first-order valence-corrected chi connectivity index (χ1v) is 7.51. The highest BCUT2D eigenvalue weighted by Crippen LogP contribution is 2.19. The van der Waals surface area contributed by atoms with Gasteiger partial charge in [0.1, 0.15) is 5.60 Å². The first kappa shape index (κ1) is 19.0. The molecule has 0 unspecified atom stereocenters. The van der Waals surface area contributed by atoms with Gasteiger partial charge in [-0.2, -0.15) is 0 Å². The minimum atomic E-state index is -0.463. The van der Waals surface area contributed by atoms with Crippen molar-refractivity contribution in [3.8, 4) is 0 Å². The van der Waals surface area contributed by atoms with Crippen molar-refractivity contribution in [2.75, 3.05) is 19.8 Å². The van der Waals surface area contributed by atoms with Crippen molar-refractivity contribution >= 4 is 6.09 Å². The average Bonchev–Trinajstić information content (AvgIpc) is 2.37. The van der Waals surface area contributed by atoms with Gasteiger partial charge in [-0.15, -0.1) is 0 Å². The number of ether oxygens (including phenoxy) is 2. The molecule has 0 atom stereocenters. The molecule has 1 heterocycles. The third-order valence-corrected chi connectivity index (χ3v) is 2.70. The fourth-order valence-electron chi connectivity index (χ4n) is 1.95. The zero-order valence-electron chi connectivity index (χ0n) is 14.0. The highest BCUT2D eigenvalue weighted by molar-refractivity contribution is 5.69. The summed E-state index contributed by atoms with van der Waals surface area (Å²) in [5.41, 5.74) is 0.502. The number of rotatable bonds is 3. The molecule has 0 radical (unpaired) electrons. The third-order valence-electron chi connectivity index (χ3n) is 2.70. The lowest BCUT2D eigenvalue weighted by atomic mass is 10.1. The number of hydrogen-bond acceptors (Lipinski definition) is 3. The summed E-state index contributed by atoms with van der Waals surface area (Å²) in [5.74, 6) is 0. The molecule has 0 N–H and O–H groups in total. The smallest absolute Gasteiger partial charge is 0.410 e. The SMILES string of the molecule is C=C(C)CN(C(=O)OC(C)(C)C)C1CCOCC1.CC. The summed E-state index contributed by atoms with van der Waals surface area (Å²) in [4.78, 5) is 14.0. The molecular formula is C16H31NO3. The van der Waals surface area contributed by atoms with Crippen LogP contribution in [0, 0.1) is 0 Å². The lowest BCUT2D eigenvalue weighted by Gasteiger charge is -2.35. The topological polar surface area (TPSA) is 38.8 Å². The molecule has 1 saturated heterocycles. The van der Waals surface area contributed by atoms with E-state index in [4.69, 9.17) is 9.47 Å². The molecule has 1 aliphatic heterocycles. The van der Waals surface area contributed by atoms with Crippen LogP contribution in [0.4, 0.5) is 4.79 Å². The molecule has 0 aromatic rings. The van der Waals surface area contributed by atoms with Gasteiger partial charge in [0.25, 0.3) is 0 Å². The lowest BCUT2D eigenvalue weighted by molar-refractivity contribution is -0.00299. The van der Waals surface area contributed by atoms with Crippen molar-refractivity contribution in [1.82, 2.24) is 4.90 Å². The summed E-state index contributed by atoms with van der Waals surface area (Å²) in [7, 11) is 0. The second kappa shape index (κ2) is 9.01. The molecule has 0 aromatic carbocycles. The van der Waals surface area contributed by atoms with Crippen molar-refractivity contribution in [3.63, 3.8) is 0 Å². The molecule has 20 heavy (non-hydrogen) atoms. The van der Waals surface area contributed by atoms with E-state index in [-0.39, 0.29) is 12.1 Å². The highest BCUT2D eigenvalue weighted by atomic mass is 16.6. The van der Waals surface area contributed by atoms with Crippen LogP contribution in [0.2, 0.25) is 0 Å². The standard InChI is InChI=1S/C14H25NO3.C2H6/c1-11(2)10-15(12-6-8-17-9-7-12)13(16)18-14(3,4)5;1-2/h12H,1,6-10H2,2-5H3;1-2H3. The first-order chi connectivity index (χ1) is 9.29. The molecule has 4 heteroatoms. The van der Waals surface area contributed by atoms with Crippen molar-refractivity contribution in [3.05, 3.63) is 12.2 Å². The van der Waals surface area contributed by atoms with Gasteiger partial charge in [0, 0.05) is 25.8 Å². The van der Waals surface area contributed by atoms with E-state index in [1.165, 1.54) is 0 Å². The Balaban J connectivity index is 0.00000172. The number of amides is 1. The molecule has 1 amide bonds. The quantitative estimate of drug-likeness (QED) is 0.736. The molecule has 1 fully saturated rings. The minimum Gasteiger partial charge on any atom is -0.444 e. The predicted molar refractivity (Wildman–Crippen MR) is 82.9 cm³/mol. The summed E-state index contributed by atoms with van der Waals surface area (Å²) in [6.45, 7) is 17.4. The Bertz CT molecular complexity index is 301. The highest BCUT2D eigenvalue weighted by Gasteiger charge is 2.29. The summed E-state index contributed by atoms with van der Waals surface area (Å²) in [5, 5.41) is 0. The van der Waals surface area contributed by atoms with Crippen molar-refractivity contribution in [2.24, 2.45) is 0 Å². The summed E-state index contributed by atoms with van der Waals surface area (Å²) in [6.07, 6.45) is 1.48. The van der Waals surface area contributed by atoms with Gasteiger partial charge < -0.3 is 14.4 Å². The van der Waals surface area contributed by atoms with Gasteiger partial charge >= 0.3 is 6.09 Å². The maximum atomic E-state index is 12.2. The Morgan fingerprint density at radius 3 is 2.20 bits per heavy atom. The molecule has 1 aliphatic rings. The van der Waals surface area contributed by atoms with E-state index in [1.54, 1.807) is 4.90 Å². The Hall–Kier alpha value is -1.03. The van der Waals surface area contributed by atoms with Crippen LogP contribution in [0.3, 0.4) is 0 Å². The fraction of sp³-hybridized carbons (Fsp3) is 0.812. The molecule has 0 aromatic heterocycles. The summed E-state index contributed by atoms with van der Waals surface area (Å²) >= 11 is 0. The van der Waals surface area contributed by atoms with Crippen molar-refractivity contribution in [2.45, 2.75) is 66.0 Å². The van der Waals surface area contributed by atoms with Gasteiger partial charge in [-0.1, -0.05) is 26.0 Å². The molecular weight excluding hydrogens is 254 g/mol. The van der Waals surface area contributed by atoms with Crippen LogP contribution in [0.15, 0.2) is 12.2 Å². The second-order valence-corrected chi connectivity index (χ2v) is 5.91. The van der Waals surface area contributed by atoms with Gasteiger partial charge in [0.2, 0.25) is 0 Å². The van der Waals surface area contributed by atoms with Gasteiger partial charge in [0.05, 0.1) is 0 Å². The summed E-state index contributed by atoms with van der Waals surface area (Å²) in [6, 6.07) is 0.199. The molecule has 1 rings (SSSR count). The zero-order valence-corrected chi connectivity index (χ0v) is 14.0. The molecule has 0 saturated carbocycles. The van der Waals surface area contributed by atoms with Crippen LogP contribution in [-0.4, -0.2) is 42.4 Å². The van der Waals surface area contributed by atoms with Crippen molar-refractivity contribution in [1.29, 1.82) is 0 Å². The Labute approximate surface area is 124 Å². The van der Waals surface area contributed by atoms with Crippen molar-refractivity contribution < 1.29 is 14.3 Å². The van der Waals surface area contributed by atoms with Gasteiger partial charge in [-0.05, 0) is 40.5 Å². The number of carbonyl (C=O) groups is 1. The largest absolute Gasteiger partial charge is 0.444 e. The van der Waals surface area contributed by atoms with E-state index in [0.29, 0.717) is 19.8 Å². The van der Waals surface area contributed by atoms with E-state index < -0.39 is 5.60 Å². The van der Waals surface area contributed by atoms with E-state index >= 15 is 0 Å². The van der Waals surface area contributed by atoms with Crippen LogP contribution in [0.25, 0.3) is 0 Å². The van der Waals surface area contributed by atoms with Crippen LogP contribution in [-0.2, 0) is 9.47 Å². The number of carbonyl (C=O) groups excluding carboxylic acids is 1. The van der Waals surface area contributed by atoms with Crippen LogP contribution < -0.4 is 0 Å². The van der Waals surface area contributed by atoms with E-state index in [1.807, 2.05) is 41.5 Å². The fourth-order valence-corrected chi connectivity index (χ4v) is 1.95. The van der Waals surface area contributed by atoms with Gasteiger partial charge in [-0.3, -0.25) is 0 Å². The molecule has 118 valence electrons. The Morgan fingerprint density at radius 2 is 1.80 bits per heavy atom. The van der Waals surface area contributed by atoms with Crippen LogP contribution in [0.5, 0.6) is 0 Å². The Kier molecular flexibility index (Phi) is 8.54. The van der Waals surface area contributed by atoms with Crippen LogP contribution >= 0.6 is 0 Å². The summed E-state index contributed by atoms with van der Waals surface area (Å²) < 4.78 is 10.8. The zero-order chi connectivity index (χ0) is 15.8. The first-order valence-electron chi connectivity index (χ1n) is 7.51. The minimum absolute atomic E-state index is 0.199. The number of hydrogen-bond donors (Lipinski definition) is 0. The predicted octanol–water partition coefficient (Wildman–Crippen LogP) is 4.00. The lowest BCUT2D eigenvalue weighted by Crippen LogP contribution is -2.46. The monoisotopic (exact) mass is 285 g/mol. The van der Waals surface area contributed by atoms with E-state index in [2.05, 4.69) is 6.58 Å². The molecule has 0 bridgehead atoms. The van der Waals surface area contributed by atoms with Gasteiger partial charge in [0.15, 0.2) is 0 Å². The maximum absolute atomic E-state index is 12.2. The third kappa shape index (κ3) is 7.53. The molecule has 4 nitrogen and oxygen atoms in total. The molecule has 0 spiro atoms. The second-order valence-electron chi connectivity index (χ2n) is 5.91. The van der Waals surface area contributed by atoms with E-state index in [9.17, 15) is 4.79 Å². The Morgan fingerprint density at radius 1 is 1.30 bits per heavy atom. The number of nitrogens with zero attached hydrogens (tertiary/aromatic N) is 1. The molecule has 0 aliphatic carbocycles. The van der Waals surface area contributed by atoms with E-state index in [0.717, 1.165) is 18.4 Å². The van der Waals surface area contributed by atoms with Gasteiger partial charge in [-0.25, -0.2) is 4.79 Å². The maximum Gasteiger partial charge on any atom is 0.410 e. The normalized spacial score (nSPS) is 15.9. The van der Waals surface area contributed by atoms with Crippen LogP contribution in [0.1, 0.15) is 54.4 Å².